The van der Waals surface area contributed by atoms with Gasteiger partial charge in [-0.15, -0.1) is 0 Å². The molecule has 1 amide bonds. The highest BCUT2D eigenvalue weighted by atomic mass is 79.9. The molecule has 0 saturated carbocycles. The van der Waals surface area contributed by atoms with Gasteiger partial charge in [0.05, 0.1) is 4.47 Å². The van der Waals surface area contributed by atoms with E-state index in [0.29, 0.717) is 16.6 Å². The number of halogens is 1. The Balaban J connectivity index is 1.97. The maximum absolute atomic E-state index is 12.5. The fraction of sp³-hybridized carbons (Fsp3) is 0.133. The molecule has 20 heavy (non-hydrogen) atoms. The maximum atomic E-state index is 12.5. The molecule has 0 radical (unpaired) electrons. The van der Waals surface area contributed by atoms with E-state index in [9.17, 15) is 9.90 Å². The predicted molar refractivity (Wildman–Crippen MR) is 82.0 cm³/mol. The lowest BCUT2D eigenvalue weighted by Gasteiger charge is -2.18. The third kappa shape index (κ3) is 2.04. The summed E-state index contributed by atoms with van der Waals surface area (Å²) in [5.41, 5.74) is 8.99. The maximum Gasteiger partial charge on any atom is 0.258 e. The molecule has 1 heterocycles. The number of nitrogens with two attached hydrogens (primary N) is 1. The average molecular weight is 333 g/mol. The van der Waals surface area contributed by atoms with E-state index in [2.05, 4.69) is 15.9 Å². The first-order chi connectivity index (χ1) is 9.58. The number of carbonyl (C=O) groups excluding carboxylic acids is 1. The minimum Gasteiger partial charge on any atom is -0.507 e. The molecule has 2 aromatic rings. The second kappa shape index (κ2) is 4.83. The quantitative estimate of drug-likeness (QED) is 0.789. The molecule has 1 aliphatic rings. The molecule has 0 bridgehead atoms. The molecule has 2 aromatic carbocycles. The van der Waals surface area contributed by atoms with Crippen molar-refractivity contribution in [3.63, 3.8) is 0 Å². The second-order valence-corrected chi connectivity index (χ2v) is 5.57. The normalized spacial score (nSPS) is 13.3. The molecule has 4 nitrogen and oxygen atoms in total. The van der Waals surface area contributed by atoms with Gasteiger partial charge < -0.3 is 15.7 Å². The first-order valence-corrected chi connectivity index (χ1v) is 7.05. The molecule has 0 saturated heterocycles. The zero-order valence-corrected chi connectivity index (χ0v) is 12.2. The van der Waals surface area contributed by atoms with Gasteiger partial charge in [-0.3, -0.25) is 4.79 Å². The van der Waals surface area contributed by atoms with Gasteiger partial charge in [-0.2, -0.15) is 0 Å². The van der Waals surface area contributed by atoms with Crippen LogP contribution < -0.4 is 10.6 Å². The third-order valence-electron chi connectivity index (χ3n) is 3.50. The number of nitrogen functional groups attached to an aromatic ring is 1. The molecule has 0 aromatic heterocycles. The van der Waals surface area contributed by atoms with E-state index in [4.69, 9.17) is 5.73 Å². The van der Waals surface area contributed by atoms with Crippen LogP contribution in [0, 0.1) is 0 Å². The van der Waals surface area contributed by atoms with Crippen LogP contribution in [-0.2, 0) is 6.42 Å². The summed E-state index contributed by atoms with van der Waals surface area (Å²) in [5, 5.41) is 9.69. The number of fused-ring (bicyclic) bond motifs is 1. The van der Waals surface area contributed by atoms with Gasteiger partial charge in [0.1, 0.15) is 5.75 Å². The number of phenols is 1. The van der Waals surface area contributed by atoms with Crippen LogP contribution in [0.1, 0.15) is 15.9 Å². The van der Waals surface area contributed by atoms with Gasteiger partial charge in [-0.25, -0.2) is 0 Å². The van der Waals surface area contributed by atoms with Crippen molar-refractivity contribution in [3.05, 3.63) is 52.0 Å². The first-order valence-electron chi connectivity index (χ1n) is 6.25. The predicted octanol–water partition coefficient (Wildman–Crippen LogP) is 2.94. The SMILES string of the molecule is Nc1cccc2c1CCN2C(=O)c1ccc(Br)c(O)c1. The lowest BCUT2D eigenvalue weighted by atomic mass is 10.1. The van der Waals surface area contributed by atoms with Crippen LogP contribution in [0.4, 0.5) is 11.4 Å². The molecule has 3 rings (SSSR count). The van der Waals surface area contributed by atoms with Gasteiger partial charge >= 0.3 is 0 Å². The van der Waals surface area contributed by atoms with Gasteiger partial charge in [0, 0.05) is 29.0 Å². The number of carbonyl (C=O) groups is 1. The van der Waals surface area contributed by atoms with Crippen LogP contribution in [0.15, 0.2) is 40.9 Å². The summed E-state index contributed by atoms with van der Waals surface area (Å²) in [6.45, 7) is 0.610. The van der Waals surface area contributed by atoms with Gasteiger partial charge in [0.15, 0.2) is 0 Å². The van der Waals surface area contributed by atoms with E-state index < -0.39 is 0 Å². The van der Waals surface area contributed by atoms with E-state index >= 15 is 0 Å². The van der Waals surface area contributed by atoms with E-state index in [1.807, 2.05) is 18.2 Å². The Morgan fingerprint density at radius 3 is 2.85 bits per heavy atom. The van der Waals surface area contributed by atoms with E-state index in [1.165, 1.54) is 6.07 Å². The largest absolute Gasteiger partial charge is 0.507 e. The lowest BCUT2D eigenvalue weighted by Crippen LogP contribution is -2.28. The number of phenolic OH excluding ortho intramolecular Hbond substituents is 1. The Morgan fingerprint density at radius 1 is 1.30 bits per heavy atom. The minimum absolute atomic E-state index is 0.0582. The molecule has 3 N–H and O–H groups in total. The molecule has 0 aliphatic carbocycles. The minimum atomic E-state index is -0.128. The Bertz CT molecular complexity index is 700. The molecule has 0 spiro atoms. The van der Waals surface area contributed by atoms with E-state index in [0.717, 1.165) is 23.4 Å². The van der Waals surface area contributed by atoms with Gasteiger partial charge in [-0.05, 0) is 52.7 Å². The van der Waals surface area contributed by atoms with E-state index in [1.54, 1.807) is 17.0 Å². The molecule has 102 valence electrons. The molecular weight excluding hydrogens is 320 g/mol. The van der Waals surface area contributed by atoms with Crippen molar-refractivity contribution in [2.45, 2.75) is 6.42 Å². The topological polar surface area (TPSA) is 66.6 Å². The molecule has 0 fully saturated rings. The first kappa shape index (κ1) is 13.0. The van der Waals surface area contributed by atoms with Crippen molar-refractivity contribution >= 4 is 33.2 Å². The van der Waals surface area contributed by atoms with Crippen LogP contribution in [0.2, 0.25) is 0 Å². The van der Waals surface area contributed by atoms with Crippen LogP contribution in [0.3, 0.4) is 0 Å². The second-order valence-electron chi connectivity index (χ2n) is 4.72. The number of anilines is 2. The number of rotatable bonds is 1. The summed E-state index contributed by atoms with van der Waals surface area (Å²) in [4.78, 5) is 14.2. The average Bonchev–Trinajstić information content (AvgIpc) is 2.86. The number of nitrogens with zero attached hydrogens (tertiary/aromatic N) is 1. The van der Waals surface area contributed by atoms with Crippen molar-refractivity contribution in [2.75, 3.05) is 17.2 Å². The highest BCUT2D eigenvalue weighted by Crippen LogP contribution is 2.34. The number of hydrogen-bond acceptors (Lipinski definition) is 3. The molecule has 0 unspecified atom stereocenters. The van der Waals surface area contributed by atoms with Gasteiger partial charge in [0.2, 0.25) is 0 Å². The number of benzene rings is 2. The van der Waals surface area contributed by atoms with Crippen molar-refractivity contribution in [3.8, 4) is 5.75 Å². The van der Waals surface area contributed by atoms with Crippen LogP contribution in [0.5, 0.6) is 5.75 Å². The van der Waals surface area contributed by atoms with Crippen molar-refractivity contribution < 1.29 is 9.90 Å². The number of hydrogen-bond donors (Lipinski definition) is 2. The summed E-state index contributed by atoms with van der Waals surface area (Å²) in [5.74, 6) is -0.0694. The fourth-order valence-corrected chi connectivity index (χ4v) is 2.72. The monoisotopic (exact) mass is 332 g/mol. The smallest absolute Gasteiger partial charge is 0.258 e. The van der Waals surface area contributed by atoms with Crippen LogP contribution in [0.25, 0.3) is 0 Å². The Labute approximate surface area is 125 Å². The Hall–Kier alpha value is -2.01. The van der Waals surface area contributed by atoms with Crippen molar-refractivity contribution in [2.24, 2.45) is 0 Å². The van der Waals surface area contributed by atoms with Crippen molar-refractivity contribution in [1.82, 2.24) is 0 Å². The summed E-state index contributed by atoms with van der Waals surface area (Å²) < 4.78 is 0.570. The standard InChI is InChI=1S/C15H13BrN2O2/c16-11-5-4-9(8-14(11)19)15(20)18-7-6-10-12(17)2-1-3-13(10)18/h1-5,8,19H,6-7,17H2. The highest BCUT2D eigenvalue weighted by molar-refractivity contribution is 9.10. The summed E-state index contributed by atoms with van der Waals surface area (Å²) in [7, 11) is 0. The zero-order valence-electron chi connectivity index (χ0n) is 10.6. The Kier molecular flexibility index (Phi) is 3.14. The molecule has 5 heteroatoms. The fourth-order valence-electron chi connectivity index (χ4n) is 2.47. The highest BCUT2D eigenvalue weighted by Gasteiger charge is 2.26. The van der Waals surface area contributed by atoms with Gasteiger partial charge in [-0.1, -0.05) is 6.07 Å². The van der Waals surface area contributed by atoms with Crippen LogP contribution in [-0.4, -0.2) is 17.6 Å². The molecular formula is C15H13BrN2O2. The summed E-state index contributed by atoms with van der Waals surface area (Å²) in [6, 6.07) is 10.4. The van der Waals surface area contributed by atoms with E-state index in [-0.39, 0.29) is 11.7 Å². The lowest BCUT2D eigenvalue weighted by molar-refractivity contribution is 0.0989. The number of amides is 1. The van der Waals surface area contributed by atoms with Gasteiger partial charge in [0.25, 0.3) is 5.91 Å². The summed E-state index contributed by atoms with van der Waals surface area (Å²) >= 11 is 3.21. The molecule has 1 aliphatic heterocycles. The zero-order chi connectivity index (χ0) is 14.3. The summed E-state index contributed by atoms with van der Waals surface area (Å²) in [6.07, 6.45) is 0.760. The van der Waals surface area contributed by atoms with Crippen molar-refractivity contribution in [1.29, 1.82) is 0 Å². The molecule has 0 atom stereocenters. The third-order valence-corrected chi connectivity index (χ3v) is 4.17. The Morgan fingerprint density at radius 2 is 2.10 bits per heavy atom. The van der Waals surface area contributed by atoms with Crippen LogP contribution >= 0.6 is 15.9 Å². The number of aromatic hydroxyl groups is 1.